The molecule has 42 heavy (non-hydrogen) atoms. The smallest absolute Gasteiger partial charge is 0.137 e. The predicted octanol–water partition coefficient (Wildman–Crippen LogP) is 10.4. The van der Waals surface area contributed by atoms with Gasteiger partial charge in [0, 0.05) is 37.3 Å². The van der Waals surface area contributed by atoms with Crippen LogP contribution in [0.4, 0.5) is 0 Å². The Hall–Kier alpha value is -5.32. The van der Waals surface area contributed by atoms with Crippen molar-refractivity contribution in [2.24, 2.45) is 0 Å². The van der Waals surface area contributed by atoms with E-state index in [-0.39, 0.29) is 0 Å². The van der Waals surface area contributed by atoms with E-state index < -0.39 is 0 Å². The number of imidazole rings is 1. The van der Waals surface area contributed by atoms with Gasteiger partial charge >= 0.3 is 0 Å². The maximum absolute atomic E-state index is 5.18. The molecule has 9 aromatic rings. The minimum atomic E-state index is 0.922. The molecule has 5 aromatic carbocycles. The summed E-state index contributed by atoms with van der Waals surface area (Å²) in [6.07, 6.45) is 2.07. The van der Waals surface area contributed by atoms with Crippen molar-refractivity contribution in [3.63, 3.8) is 0 Å². The van der Waals surface area contributed by atoms with Gasteiger partial charge in [-0.25, -0.2) is 9.97 Å². The molecule has 0 saturated carbocycles. The summed E-state index contributed by atoms with van der Waals surface area (Å²) in [5, 5.41) is 3.71. The van der Waals surface area contributed by atoms with Crippen molar-refractivity contribution in [1.29, 1.82) is 0 Å². The number of rotatable bonds is 3. The van der Waals surface area contributed by atoms with Gasteiger partial charge in [0.15, 0.2) is 0 Å². The summed E-state index contributed by atoms with van der Waals surface area (Å²) in [5.74, 6) is 0. The summed E-state index contributed by atoms with van der Waals surface area (Å²) in [7, 11) is 0. The molecule has 0 spiro atoms. The molecule has 0 fully saturated rings. The third-order valence-corrected chi connectivity index (χ3v) is 9.34. The van der Waals surface area contributed by atoms with Crippen molar-refractivity contribution in [1.82, 2.24) is 14.4 Å². The molecule has 4 heteroatoms. The van der Waals surface area contributed by atoms with Crippen LogP contribution in [0, 0.1) is 0 Å². The molecule has 0 amide bonds. The zero-order chi connectivity index (χ0) is 27.6. The lowest BCUT2D eigenvalue weighted by atomic mass is 9.96. The first-order chi connectivity index (χ1) is 20.8. The highest BCUT2D eigenvalue weighted by molar-refractivity contribution is 7.25. The topological polar surface area (TPSA) is 30.2 Å². The fourth-order valence-corrected chi connectivity index (χ4v) is 7.27. The number of pyridine rings is 2. The van der Waals surface area contributed by atoms with Crippen LogP contribution >= 0.6 is 11.3 Å². The Bertz CT molecular complexity index is 2480. The molecular formula is C38H23N3S. The van der Waals surface area contributed by atoms with Crippen LogP contribution in [-0.2, 0) is 0 Å². The minimum absolute atomic E-state index is 0.922. The van der Waals surface area contributed by atoms with E-state index in [1.807, 2.05) is 29.5 Å². The van der Waals surface area contributed by atoms with Crippen LogP contribution < -0.4 is 0 Å². The number of hydrogen-bond acceptors (Lipinski definition) is 3. The van der Waals surface area contributed by atoms with Crippen molar-refractivity contribution < 1.29 is 0 Å². The van der Waals surface area contributed by atoms with Crippen LogP contribution in [0.15, 0.2) is 140 Å². The van der Waals surface area contributed by atoms with Gasteiger partial charge in [0.1, 0.15) is 11.2 Å². The first-order valence-electron chi connectivity index (χ1n) is 14.1. The van der Waals surface area contributed by atoms with Crippen LogP contribution in [0.2, 0.25) is 0 Å². The van der Waals surface area contributed by atoms with Gasteiger partial charge in [-0.05, 0) is 70.8 Å². The number of benzene rings is 5. The van der Waals surface area contributed by atoms with Crippen molar-refractivity contribution >= 4 is 59.1 Å². The predicted molar refractivity (Wildman–Crippen MR) is 177 cm³/mol. The third-order valence-electron chi connectivity index (χ3n) is 8.19. The highest BCUT2D eigenvalue weighted by atomic mass is 32.1. The highest BCUT2D eigenvalue weighted by Gasteiger charge is 2.17. The molecule has 0 aliphatic heterocycles. The normalized spacial score (nSPS) is 11.8. The monoisotopic (exact) mass is 553 g/mol. The Kier molecular flexibility index (Phi) is 5.07. The average molecular weight is 554 g/mol. The fourth-order valence-electron chi connectivity index (χ4n) is 6.19. The Morgan fingerprint density at radius 2 is 1.14 bits per heavy atom. The molecule has 0 radical (unpaired) electrons. The highest BCUT2D eigenvalue weighted by Crippen LogP contribution is 2.38. The Morgan fingerprint density at radius 3 is 2.00 bits per heavy atom. The Balaban J connectivity index is 1.19. The van der Waals surface area contributed by atoms with Gasteiger partial charge in [-0.1, -0.05) is 84.9 Å². The van der Waals surface area contributed by atoms with Crippen LogP contribution in [0.25, 0.3) is 81.3 Å². The number of thiophene rings is 1. The van der Waals surface area contributed by atoms with E-state index in [0.29, 0.717) is 0 Å². The van der Waals surface area contributed by atoms with E-state index in [1.54, 1.807) is 0 Å². The molecule has 0 N–H and O–H groups in total. The van der Waals surface area contributed by atoms with Crippen molar-refractivity contribution in [3.05, 3.63) is 140 Å². The van der Waals surface area contributed by atoms with E-state index in [1.165, 1.54) is 36.9 Å². The molecule has 0 bridgehead atoms. The van der Waals surface area contributed by atoms with Gasteiger partial charge in [0.25, 0.3) is 0 Å². The van der Waals surface area contributed by atoms with E-state index in [0.717, 1.165) is 44.4 Å². The first-order valence-corrected chi connectivity index (χ1v) is 14.9. The zero-order valence-electron chi connectivity index (χ0n) is 22.5. The van der Waals surface area contributed by atoms with Gasteiger partial charge in [-0.15, -0.1) is 11.3 Å². The fraction of sp³-hybridized carbons (Fsp3) is 0. The maximum Gasteiger partial charge on any atom is 0.137 e. The van der Waals surface area contributed by atoms with Gasteiger partial charge in [-0.3, -0.25) is 4.40 Å². The summed E-state index contributed by atoms with van der Waals surface area (Å²) >= 11 is 1.86. The first kappa shape index (κ1) is 23.4. The quantitative estimate of drug-likeness (QED) is 0.218. The summed E-state index contributed by atoms with van der Waals surface area (Å²) in [4.78, 5) is 10.2. The van der Waals surface area contributed by atoms with Crippen LogP contribution in [0.5, 0.6) is 0 Å². The van der Waals surface area contributed by atoms with Crippen molar-refractivity contribution in [2.75, 3.05) is 0 Å². The number of hydrogen-bond donors (Lipinski definition) is 0. The van der Waals surface area contributed by atoms with E-state index >= 15 is 0 Å². The Morgan fingerprint density at radius 1 is 0.476 bits per heavy atom. The van der Waals surface area contributed by atoms with Crippen LogP contribution in [0.1, 0.15) is 0 Å². The molecule has 4 aromatic heterocycles. The van der Waals surface area contributed by atoms with Crippen LogP contribution in [0.3, 0.4) is 0 Å². The molecule has 0 aliphatic carbocycles. The van der Waals surface area contributed by atoms with Gasteiger partial charge in [0.05, 0.1) is 16.7 Å². The van der Waals surface area contributed by atoms with E-state index in [9.17, 15) is 0 Å². The number of aromatic nitrogens is 3. The lowest BCUT2D eigenvalue weighted by molar-refractivity contribution is 1.22. The molecular weight excluding hydrogens is 531 g/mol. The largest absolute Gasteiger partial charge is 0.298 e. The SMILES string of the molecule is c1cc(-c2cccc(-c3nc4ccccc4c4nc5ccccn5c34)c2)cc(-c2ccc3sc4ccccc4c3c2)c1. The molecule has 196 valence electrons. The molecule has 3 nitrogen and oxygen atoms in total. The zero-order valence-corrected chi connectivity index (χ0v) is 23.3. The molecule has 0 saturated heterocycles. The van der Waals surface area contributed by atoms with Crippen molar-refractivity contribution in [3.8, 4) is 33.5 Å². The molecule has 0 unspecified atom stereocenters. The molecule has 9 rings (SSSR count). The van der Waals surface area contributed by atoms with Gasteiger partial charge < -0.3 is 0 Å². The number of para-hydroxylation sites is 1. The second-order valence-electron chi connectivity index (χ2n) is 10.7. The van der Waals surface area contributed by atoms with Gasteiger partial charge in [0.2, 0.25) is 0 Å². The average Bonchev–Trinajstić information content (AvgIpc) is 3.63. The number of fused-ring (bicyclic) bond motifs is 8. The van der Waals surface area contributed by atoms with E-state index in [4.69, 9.17) is 9.97 Å². The maximum atomic E-state index is 5.18. The summed E-state index contributed by atoms with van der Waals surface area (Å²) < 4.78 is 4.81. The van der Waals surface area contributed by atoms with Crippen molar-refractivity contribution in [2.45, 2.75) is 0 Å². The van der Waals surface area contributed by atoms with Gasteiger partial charge in [-0.2, -0.15) is 0 Å². The Labute approximate surface area is 246 Å². The lowest BCUT2D eigenvalue weighted by Crippen LogP contribution is -1.92. The third kappa shape index (κ3) is 3.59. The standard InChI is InChI=1S/C38H23N3S/c1-3-15-32-30(14-1)37-38(41-20-6-5-17-35(41)40-37)36(39-32)28-12-8-11-26(22-28)24-9-7-10-25(21-24)27-18-19-34-31(23-27)29-13-2-4-16-33(29)42-34/h1-23H. The van der Waals surface area contributed by atoms with E-state index in [2.05, 4.69) is 126 Å². The second kappa shape index (κ2) is 9.10. The summed E-state index contributed by atoms with van der Waals surface area (Å²) in [5.41, 5.74) is 10.7. The minimum Gasteiger partial charge on any atom is -0.298 e. The lowest BCUT2D eigenvalue weighted by Gasteiger charge is -2.10. The van der Waals surface area contributed by atoms with Crippen LogP contribution in [-0.4, -0.2) is 14.4 Å². The molecule has 4 heterocycles. The molecule has 0 aliphatic rings. The number of nitrogens with zero attached hydrogens (tertiary/aromatic N) is 3. The summed E-state index contributed by atoms with van der Waals surface area (Å²) in [6.45, 7) is 0. The molecule has 0 atom stereocenters. The summed E-state index contributed by atoms with van der Waals surface area (Å²) in [6, 6.07) is 47.5. The second-order valence-corrected chi connectivity index (χ2v) is 11.8.